The second-order valence-corrected chi connectivity index (χ2v) is 6.08. The molecule has 1 aromatic rings. The summed E-state index contributed by atoms with van der Waals surface area (Å²) >= 11 is 0. The highest BCUT2D eigenvalue weighted by atomic mass is 16.6. The van der Waals surface area contributed by atoms with E-state index in [1.54, 1.807) is 12.1 Å². The van der Waals surface area contributed by atoms with Gasteiger partial charge in [0.2, 0.25) is 0 Å². The highest BCUT2D eigenvalue weighted by molar-refractivity contribution is 5.69. The molecule has 0 atom stereocenters. The Morgan fingerprint density at radius 1 is 1.46 bits per heavy atom. The van der Waals surface area contributed by atoms with Crippen LogP contribution in [0.2, 0.25) is 0 Å². The minimum absolute atomic E-state index is 0.0222. The first-order valence-corrected chi connectivity index (χ1v) is 7.86. The molecule has 1 N–H and O–H groups in total. The van der Waals surface area contributed by atoms with Gasteiger partial charge in [-0.2, -0.15) is 0 Å². The van der Waals surface area contributed by atoms with Gasteiger partial charge in [-0.3, -0.25) is 24.7 Å². The predicted octanol–water partition coefficient (Wildman–Crippen LogP) is 1.58. The summed E-state index contributed by atoms with van der Waals surface area (Å²) in [6, 6.07) is 5.29. The summed E-state index contributed by atoms with van der Waals surface area (Å²) in [5.74, 6) is -0.553. The van der Waals surface area contributed by atoms with Gasteiger partial charge in [-0.25, -0.2) is 0 Å². The fraction of sp³-hybridized carbons (Fsp3) is 0.562. The number of benzene rings is 1. The second kappa shape index (κ2) is 8.07. The van der Waals surface area contributed by atoms with Crippen LogP contribution >= 0.6 is 0 Å². The summed E-state index contributed by atoms with van der Waals surface area (Å²) in [6.07, 6.45) is 1.78. The number of likely N-dealkylation sites (tertiary alicyclic amines) is 1. The molecule has 1 aliphatic heterocycles. The number of rotatable bonds is 7. The first-order chi connectivity index (χ1) is 11.4. The Balaban J connectivity index is 1.93. The number of hydrogen-bond donors (Lipinski definition) is 1. The van der Waals surface area contributed by atoms with Crippen molar-refractivity contribution in [3.8, 4) is 5.75 Å². The third-order valence-corrected chi connectivity index (χ3v) is 4.41. The third-order valence-electron chi connectivity index (χ3n) is 4.41. The van der Waals surface area contributed by atoms with Crippen LogP contribution in [0, 0.1) is 10.1 Å². The van der Waals surface area contributed by atoms with E-state index in [0.29, 0.717) is 6.54 Å². The molecule has 0 unspecified atom stereocenters. The van der Waals surface area contributed by atoms with Crippen molar-refractivity contribution in [1.82, 2.24) is 9.80 Å². The normalized spacial score (nSPS) is 16.3. The van der Waals surface area contributed by atoms with Gasteiger partial charge in [0.25, 0.3) is 0 Å². The maximum Gasteiger partial charge on any atom is 0.317 e. The quantitative estimate of drug-likeness (QED) is 0.596. The van der Waals surface area contributed by atoms with Crippen molar-refractivity contribution >= 4 is 11.7 Å². The van der Waals surface area contributed by atoms with Gasteiger partial charge in [0.05, 0.1) is 18.6 Å². The molecule has 0 aromatic heterocycles. The topological polar surface area (TPSA) is 96.2 Å². The van der Waals surface area contributed by atoms with Crippen LogP contribution in [0.3, 0.4) is 0 Å². The number of carboxylic acid groups (broad SMARTS) is 1. The Hall–Kier alpha value is -2.19. The SMILES string of the molecule is COc1ccc(CN2CCC(N(C)CC(=O)O)CC2)cc1[N+](=O)[O-]. The van der Waals surface area contributed by atoms with Crippen molar-refractivity contribution < 1.29 is 19.6 Å². The lowest BCUT2D eigenvalue weighted by molar-refractivity contribution is -0.385. The number of piperidine rings is 1. The number of ether oxygens (including phenoxy) is 1. The smallest absolute Gasteiger partial charge is 0.317 e. The fourth-order valence-corrected chi connectivity index (χ4v) is 3.10. The van der Waals surface area contributed by atoms with Gasteiger partial charge in [0, 0.05) is 18.7 Å². The van der Waals surface area contributed by atoms with Gasteiger partial charge in [0.15, 0.2) is 5.75 Å². The Morgan fingerprint density at radius 3 is 2.67 bits per heavy atom. The van der Waals surface area contributed by atoms with E-state index in [4.69, 9.17) is 9.84 Å². The van der Waals surface area contributed by atoms with Crippen molar-refractivity contribution in [1.29, 1.82) is 0 Å². The number of likely N-dealkylation sites (N-methyl/N-ethyl adjacent to an activating group) is 1. The summed E-state index contributed by atoms with van der Waals surface area (Å²) < 4.78 is 5.01. The Labute approximate surface area is 140 Å². The standard InChI is InChI=1S/C16H23N3O5/c1-17(11-16(20)21)13-5-7-18(8-6-13)10-12-3-4-15(24-2)14(9-12)19(22)23/h3-4,9,13H,5-8,10-11H2,1-2H3,(H,20,21). The van der Waals surface area contributed by atoms with Crippen LogP contribution in [0.25, 0.3) is 0 Å². The lowest BCUT2D eigenvalue weighted by atomic mass is 10.0. The van der Waals surface area contributed by atoms with Crippen molar-refractivity contribution in [2.75, 3.05) is 33.8 Å². The molecule has 8 heteroatoms. The molecule has 8 nitrogen and oxygen atoms in total. The van der Waals surface area contributed by atoms with Crippen molar-refractivity contribution in [3.63, 3.8) is 0 Å². The van der Waals surface area contributed by atoms with Crippen LogP contribution in [-0.4, -0.2) is 65.6 Å². The first kappa shape index (κ1) is 18.2. The minimum atomic E-state index is -0.814. The number of hydrogen-bond acceptors (Lipinski definition) is 6. The van der Waals surface area contributed by atoms with E-state index in [1.807, 2.05) is 18.0 Å². The van der Waals surface area contributed by atoms with E-state index < -0.39 is 10.9 Å². The summed E-state index contributed by atoms with van der Waals surface area (Å²) in [6.45, 7) is 2.37. The number of aliphatic carboxylic acids is 1. The number of methoxy groups -OCH3 is 1. The van der Waals surface area contributed by atoms with Gasteiger partial charge in [-0.05, 0) is 44.6 Å². The van der Waals surface area contributed by atoms with Gasteiger partial charge >= 0.3 is 11.7 Å². The number of carboxylic acids is 1. The average molecular weight is 337 g/mol. The van der Waals surface area contributed by atoms with Gasteiger partial charge in [-0.15, -0.1) is 0 Å². The summed E-state index contributed by atoms with van der Waals surface area (Å²) in [7, 11) is 3.25. The Kier molecular flexibility index (Phi) is 6.10. The van der Waals surface area contributed by atoms with E-state index in [-0.39, 0.29) is 24.0 Å². The number of carbonyl (C=O) groups is 1. The molecule has 2 rings (SSSR count). The molecule has 24 heavy (non-hydrogen) atoms. The molecule has 1 saturated heterocycles. The molecule has 1 aliphatic rings. The molecule has 0 spiro atoms. The zero-order valence-corrected chi connectivity index (χ0v) is 14.0. The van der Waals surface area contributed by atoms with Crippen LogP contribution < -0.4 is 4.74 Å². The highest BCUT2D eigenvalue weighted by Crippen LogP contribution is 2.28. The summed E-state index contributed by atoms with van der Waals surface area (Å²) in [5, 5.41) is 19.9. The van der Waals surface area contributed by atoms with Crippen molar-refractivity contribution in [2.24, 2.45) is 0 Å². The average Bonchev–Trinajstić information content (AvgIpc) is 2.54. The molecule has 132 valence electrons. The number of nitro groups is 1. The fourth-order valence-electron chi connectivity index (χ4n) is 3.10. The van der Waals surface area contributed by atoms with Crippen LogP contribution in [0.5, 0.6) is 5.75 Å². The molecule has 0 radical (unpaired) electrons. The molecule has 1 heterocycles. The molecular weight excluding hydrogens is 314 g/mol. The molecule has 0 saturated carbocycles. The van der Waals surface area contributed by atoms with Gasteiger partial charge in [0.1, 0.15) is 0 Å². The van der Waals surface area contributed by atoms with Crippen LogP contribution in [0.1, 0.15) is 18.4 Å². The van der Waals surface area contributed by atoms with E-state index in [0.717, 1.165) is 31.5 Å². The van der Waals surface area contributed by atoms with E-state index in [9.17, 15) is 14.9 Å². The first-order valence-electron chi connectivity index (χ1n) is 7.86. The molecule has 0 amide bonds. The monoisotopic (exact) mass is 337 g/mol. The molecule has 0 aliphatic carbocycles. The van der Waals surface area contributed by atoms with E-state index in [2.05, 4.69) is 4.90 Å². The van der Waals surface area contributed by atoms with E-state index >= 15 is 0 Å². The lowest BCUT2D eigenvalue weighted by Crippen LogP contribution is -2.44. The third kappa shape index (κ3) is 4.65. The van der Waals surface area contributed by atoms with Gasteiger partial charge < -0.3 is 9.84 Å². The van der Waals surface area contributed by atoms with E-state index in [1.165, 1.54) is 7.11 Å². The predicted molar refractivity (Wildman–Crippen MR) is 88.2 cm³/mol. The minimum Gasteiger partial charge on any atom is -0.490 e. The number of nitrogens with zero attached hydrogens (tertiary/aromatic N) is 3. The lowest BCUT2D eigenvalue weighted by Gasteiger charge is -2.36. The zero-order chi connectivity index (χ0) is 17.7. The van der Waals surface area contributed by atoms with Crippen molar-refractivity contribution in [2.45, 2.75) is 25.4 Å². The van der Waals surface area contributed by atoms with Gasteiger partial charge in [-0.1, -0.05) is 6.07 Å². The largest absolute Gasteiger partial charge is 0.490 e. The highest BCUT2D eigenvalue weighted by Gasteiger charge is 2.24. The second-order valence-electron chi connectivity index (χ2n) is 6.08. The molecular formula is C16H23N3O5. The maximum absolute atomic E-state index is 11.1. The van der Waals surface area contributed by atoms with Crippen molar-refractivity contribution in [3.05, 3.63) is 33.9 Å². The summed E-state index contributed by atoms with van der Waals surface area (Å²) in [5.41, 5.74) is 0.853. The van der Waals surface area contributed by atoms with Crippen LogP contribution in [0.4, 0.5) is 5.69 Å². The zero-order valence-electron chi connectivity index (χ0n) is 14.0. The molecule has 1 aromatic carbocycles. The molecule has 1 fully saturated rings. The van der Waals surface area contributed by atoms with Crippen LogP contribution in [-0.2, 0) is 11.3 Å². The maximum atomic E-state index is 11.1. The van der Waals surface area contributed by atoms with Crippen LogP contribution in [0.15, 0.2) is 18.2 Å². The Morgan fingerprint density at radius 2 is 2.12 bits per heavy atom. The Bertz CT molecular complexity index is 599. The number of nitro benzene ring substituents is 1. The molecule has 0 bridgehead atoms. The summed E-state index contributed by atoms with van der Waals surface area (Å²) in [4.78, 5) is 25.5.